The third-order valence-corrected chi connectivity index (χ3v) is 4.09. The van der Waals surface area contributed by atoms with Crippen LogP contribution in [0.5, 0.6) is 0 Å². The van der Waals surface area contributed by atoms with Crippen molar-refractivity contribution in [3.05, 3.63) is 0 Å². The van der Waals surface area contributed by atoms with Crippen LogP contribution in [0.2, 0.25) is 0 Å². The molecule has 2 heteroatoms. The van der Waals surface area contributed by atoms with Crippen LogP contribution in [0.3, 0.4) is 0 Å². The van der Waals surface area contributed by atoms with Crippen molar-refractivity contribution < 1.29 is 0 Å². The zero-order valence-electron chi connectivity index (χ0n) is 9.84. The second kappa shape index (κ2) is 3.82. The number of hydrogen-bond acceptors (Lipinski definition) is 2. The van der Waals surface area contributed by atoms with Gasteiger partial charge in [-0.05, 0) is 58.7 Å². The smallest absolute Gasteiger partial charge is 0.0284 e. The third kappa shape index (κ3) is 1.96. The number of rotatable bonds is 1. The van der Waals surface area contributed by atoms with E-state index in [0.717, 1.165) is 12.0 Å². The molecule has 1 atom stereocenters. The van der Waals surface area contributed by atoms with Gasteiger partial charge < -0.3 is 5.32 Å². The first-order valence-electron chi connectivity index (χ1n) is 6.08. The van der Waals surface area contributed by atoms with Crippen LogP contribution in [0.1, 0.15) is 40.0 Å². The SMILES string of the molecule is CC1CCN([C@H]2CCNC2(C)C)CC1. The highest BCUT2D eigenvalue weighted by Crippen LogP contribution is 2.28. The van der Waals surface area contributed by atoms with Gasteiger partial charge in [0.05, 0.1) is 0 Å². The van der Waals surface area contributed by atoms with Crippen molar-refractivity contribution in [2.24, 2.45) is 5.92 Å². The molecule has 2 rings (SSSR count). The molecule has 2 aliphatic heterocycles. The Bertz CT molecular complexity index is 192. The monoisotopic (exact) mass is 196 g/mol. The molecule has 0 saturated carbocycles. The molecule has 0 aromatic carbocycles. The van der Waals surface area contributed by atoms with Crippen LogP contribution in [-0.4, -0.2) is 36.1 Å². The van der Waals surface area contributed by atoms with E-state index in [1.165, 1.54) is 38.9 Å². The molecule has 0 spiro atoms. The molecule has 2 saturated heterocycles. The maximum atomic E-state index is 3.61. The average molecular weight is 196 g/mol. The molecule has 2 fully saturated rings. The molecule has 2 nitrogen and oxygen atoms in total. The summed E-state index contributed by atoms with van der Waals surface area (Å²) in [6.45, 7) is 10.9. The second-order valence-electron chi connectivity index (χ2n) is 5.67. The van der Waals surface area contributed by atoms with Gasteiger partial charge in [-0.1, -0.05) is 6.92 Å². The van der Waals surface area contributed by atoms with E-state index in [0.29, 0.717) is 5.54 Å². The summed E-state index contributed by atoms with van der Waals surface area (Å²) in [5, 5.41) is 3.61. The maximum Gasteiger partial charge on any atom is 0.0284 e. The average Bonchev–Trinajstić information content (AvgIpc) is 2.47. The molecule has 1 N–H and O–H groups in total. The molecule has 2 aliphatic rings. The summed E-state index contributed by atoms with van der Waals surface area (Å²) in [5.41, 5.74) is 0.334. The van der Waals surface area contributed by atoms with Gasteiger partial charge in [0.2, 0.25) is 0 Å². The Labute approximate surface area is 88.1 Å². The van der Waals surface area contributed by atoms with Crippen molar-refractivity contribution in [2.45, 2.75) is 51.6 Å². The molecule has 0 radical (unpaired) electrons. The Balaban J connectivity index is 1.95. The number of nitrogens with zero attached hydrogens (tertiary/aromatic N) is 1. The predicted octanol–water partition coefficient (Wildman–Crippen LogP) is 1.86. The van der Waals surface area contributed by atoms with Gasteiger partial charge in [0, 0.05) is 11.6 Å². The highest BCUT2D eigenvalue weighted by molar-refractivity contribution is 4.99. The van der Waals surface area contributed by atoms with Gasteiger partial charge in [-0.15, -0.1) is 0 Å². The summed E-state index contributed by atoms with van der Waals surface area (Å²) in [4.78, 5) is 2.71. The van der Waals surface area contributed by atoms with Crippen LogP contribution >= 0.6 is 0 Å². The van der Waals surface area contributed by atoms with Crippen molar-refractivity contribution in [1.29, 1.82) is 0 Å². The minimum Gasteiger partial charge on any atom is -0.310 e. The summed E-state index contributed by atoms with van der Waals surface area (Å²) in [7, 11) is 0. The first kappa shape index (κ1) is 10.4. The first-order chi connectivity index (χ1) is 6.59. The van der Waals surface area contributed by atoms with Gasteiger partial charge >= 0.3 is 0 Å². The Morgan fingerprint density at radius 1 is 1.14 bits per heavy atom. The zero-order valence-corrected chi connectivity index (χ0v) is 9.84. The fraction of sp³-hybridized carbons (Fsp3) is 1.00. The minimum atomic E-state index is 0.334. The van der Waals surface area contributed by atoms with E-state index in [2.05, 4.69) is 31.0 Å². The molecule has 82 valence electrons. The van der Waals surface area contributed by atoms with Crippen molar-refractivity contribution in [3.8, 4) is 0 Å². The normalized spacial score (nSPS) is 34.9. The van der Waals surface area contributed by atoms with E-state index >= 15 is 0 Å². The van der Waals surface area contributed by atoms with Gasteiger partial charge in [0.15, 0.2) is 0 Å². The van der Waals surface area contributed by atoms with Crippen LogP contribution in [0, 0.1) is 5.92 Å². The van der Waals surface area contributed by atoms with E-state index in [1.807, 2.05) is 0 Å². The molecular weight excluding hydrogens is 172 g/mol. The standard InChI is InChI=1S/C12H24N2/c1-10-5-8-14(9-6-10)11-4-7-13-12(11,2)3/h10-11,13H,4-9H2,1-3H3/t11-/m0/s1. The molecule has 14 heavy (non-hydrogen) atoms. The quantitative estimate of drug-likeness (QED) is 0.688. The molecule has 2 heterocycles. The first-order valence-corrected chi connectivity index (χ1v) is 6.08. The highest BCUT2D eigenvalue weighted by Gasteiger charge is 2.38. The summed E-state index contributed by atoms with van der Waals surface area (Å²) in [6.07, 6.45) is 4.13. The number of nitrogens with one attached hydrogen (secondary N) is 1. The Hall–Kier alpha value is -0.0800. The van der Waals surface area contributed by atoms with Gasteiger partial charge in [0.25, 0.3) is 0 Å². The van der Waals surface area contributed by atoms with Crippen LogP contribution in [0.15, 0.2) is 0 Å². The van der Waals surface area contributed by atoms with Gasteiger partial charge in [0.1, 0.15) is 0 Å². The van der Waals surface area contributed by atoms with Crippen molar-refractivity contribution in [1.82, 2.24) is 10.2 Å². The summed E-state index contributed by atoms with van der Waals surface area (Å²) in [6, 6.07) is 0.773. The van der Waals surface area contributed by atoms with E-state index < -0.39 is 0 Å². The topological polar surface area (TPSA) is 15.3 Å². The molecule has 0 aliphatic carbocycles. The molecule has 0 aromatic rings. The number of piperidine rings is 1. The Kier molecular flexibility index (Phi) is 2.85. The van der Waals surface area contributed by atoms with Crippen LogP contribution in [0.25, 0.3) is 0 Å². The molecule has 0 bridgehead atoms. The van der Waals surface area contributed by atoms with Crippen LogP contribution in [0.4, 0.5) is 0 Å². The van der Waals surface area contributed by atoms with Crippen LogP contribution < -0.4 is 5.32 Å². The predicted molar refractivity (Wildman–Crippen MR) is 60.5 cm³/mol. The Morgan fingerprint density at radius 3 is 2.29 bits per heavy atom. The summed E-state index contributed by atoms with van der Waals surface area (Å²) >= 11 is 0. The molecular formula is C12H24N2. The highest BCUT2D eigenvalue weighted by atomic mass is 15.2. The number of hydrogen-bond donors (Lipinski definition) is 1. The molecule has 0 amide bonds. The van der Waals surface area contributed by atoms with Gasteiger partial charge in [-0.2, -0.15) is 0 Å². The molecule has 0 unspecified atom stereocenters. The lowest BCUT2D eigenvalue weighted by Crippen LogP contribution is -2.52. The van der Waals surface area contributed by atoms with Crippen LogP contribution in [-0.2, 0) is 0 Å². The van der Waals surface area contributed by atoms with E-state index in [9.17, 15) is 0 Å². The number of likely N-dealkylation sites (tertiary alicyclic amines) is 1. The lowest BCUT2D eigenvalue weighted by atomic mass is 9.91. The minimum absolute atomic E-state index is 0.334. The lowest BCUT2D eigenvalue weighted by molar-refractivity contribution is 0.104. The van der Waals surface area contributed by atoms with Crippen molar-refractivity contribution in [2.75, 3.05) is 19.6 Å². The second-order valence-corrected chi connectivity index (χ2v) is 5.67. The van der Waals surface area contributed by atoms with E-state index in [1.54, 1.807) is 0 Å². The largest absolute Gasteiger partial charge is 0.310 e. The zero-order chi connectivity index (χ0) is 10.2. The fourth-order valence-corrected chi connectivity index (χ4v) is 2.99. The van der Waals surface area contributed by atoms with Crippen molar-refractivity contribution in [3.63, 3.8) is 0 Å². The van der Waals surface area contributed by atoms with Gasteiger partial charge in [-0.25, -0.2) is 0 Å². The van der Waals surface area contributed by atoms with E-state index in [4.69, 9.17) is 0 Å². The molecule has 0 aromatic heterocycles. The maximum absolute atomic E-state index is 3.61. The third-order valence-electron chi connectivity index (χ3n) is 4.09. The van der Waals surface area contributed by atoms with E-state index in [-0.39, 0.29) is 0 Å². The van der Waals surface area contributed by atoms with Crippen molar-refractivity contribution >= 4 is 0 Å². The fourth-order valence-electron chi connectivity index (χ4n) is 2.99. The Morgan fingerprint density at radius 2 is 1.79 bits per heavy atom. The van der Waals surface area contributed by atoms with Gasteiger partial charge in [-0.3, -0.25) is 4.90 Å². The summed E-state index contributed by atoms with van der Waals surface area (Å²) < 4.78 is 0. The summed E-state index contributed by atoms with van der Waals surface area (Å²) in [5.74, 6) is 0.948. The lowest BCUT2D eigenvalue weighted by Gasteiger charge is -2.40.